The Kier molecular flexibility index (Phi) is 4.98. The van der Waals surface area contributed by atoms with Gasteiger partial charge in [0.15, 0.2) is 5.82 Å². The molecule has 0 radical (unpaired) electrons. The molecule has 0 saturated heterocycles. The molecule has 9 heteroatoms. The Morgan fingerprint density at radius 3 is 2.60 bits per heavy atom. The van der Waals surface area contributed by atoms with Gasteiger partial charge in [0, 0.05) is 10.6 Å². The van der Waals surface area contributed by atoms with Crippen molar-refractivity contribution in [3.8, 4) is 11.4 Å². The number of hydrogen-bond acceptors (Lipinski definition) is 4. The molecule has 0 atom stereocenters. The molecule has 1 aromatic heterocycles. The Labute approximate surface area is 157 Å². The van der Waals surface area contributed by atoms with Crippen LogP contribution in [0.1, 0.15) is 15.9 Å². The zero-order valence-electron chi connectivity index (χ0n) is 12.5. The monoisotopic (exact) mass is 392 g/mol. The van der Waals surface area contributed by atoms with E-state index < -0.39 is 5.97 Å². The molecule has 0 saturated carbocycles. The van der Waals surface area contributed by atoms with Crippen LogP contribution in [0.2, 0.25) is 10.0 Å². The standard InChI is InChI=1S/C16H10Cl2N4O2S/c17-11-5-6-12(13(18)7-11)14-20-21-16(25)22(14)19-8-9-1-3-10(4-2-9)15(23)24/h1-8H,(H,21,25)(H,23,24)/b19-8+. The number of aromatic nitrogens is 3. The zero-order chi connectivity index (χ0) is 18.0. The van der Waals surface area contributed by atoms with Crippen LogP contribution in [0.25, 0.3) is 11.4 Å². The van der Waals surface area contributed by atoms with Crippen LogP contribution in [0.3, 0.4) is 0 Å². The van der Waals surface area contributed by atoms with Crippen LogP contribution in [0.5, 0.6) is 0 Å². The van der Waals surface area contributed by atoms with Gasteiger partial charge in [0.05, 0.1) is 16.8 Å². The first kappa shape index (κ1) is 17.3. The highest BCUT2D eigenvalue weighted by atomic mass is 35.5. The molecule has 25 heavy (non-hydrogen) atoms. The Morgan fingerprint density at radius 2 is 1.96 bits per heavy atom. The van der Waals surface area contributed by atoms with E-state index >= 15 is 0 Å². The first-order valence-corrected chi connectivity index (χ1v) is 8.12. The zero-order valence-corrected chi connectivity index (χ0v) is 14.8. The Bertz CT molecular complexity index is 1030. The molecule has 0 aliphatic carbocycles. The van der Waals surface area contributed by atoms with E-state index in [9.17, 15) is 4.79 Å². The SMILES string of the molecule is O=C(O)c1ccc(/C=N/n2c(-c3ccc(Cl)cc3Cl)n[nH]c2=S)cc1. The molecule has 2 N–H and O–H groups in total. The molecule has 0 fully saturated rings. The van der Waals surface area contributed by atoms with Gasteiger partial charge in [-0.05, 0) is 48.1 Å². The minimum absolute atomic E-state index is 0.200. The van der Waals surface area contributed by atoms with Crippen molar-refractivity contribution in [1.29, 1.82) is 0 Å². The molecule has 3 aromatic rings. The van der Waals surface area contributed by atoms with E-state index in [1.165, 1.54) is 16.8 Å². The second kappa shape index (κ2) is 7.18. The fourth-order valence-electron chi connectivity index (χ4n) is 2.08. The van der Waals surface area contributed by atoms with E-state index in [1.807, 2.05) is 0 Å². The van der Waals surface area contributed by atoms with Crippen molar-refractivity contribution < 1.29 is 9.90 Å². The van der Waals surface area contributed by atoms with Gasteiger partial charge in [-0.25, -0.2) is 9.89 Å². The number of carbonyl (C=O) groups is 1. The smallest absolute Gasteiger partial charge is 0.335 e. The number of aromatic amines is 1. The van der Waals surface area contributed by atoms with Gasteiger partial charge in [0.2, 0.25) is 4.77 Å². The van der Waals surface area contributed by atoms with Crippen LogP contribution in [0.4, 0.5) is 0 Å². The van der Waals surface area contributed by atoms with Crippen molar-refractivity contribution in [2.24, 2.45) is 5.10 Å². The van der Waals surface area contributed by atoms with Crippen LogP contribution < -0.4 is 0 Å². The summed E-state index contributed by atoms with van der Waals surface area (Å²) in [5.74, 6) is -0.551. The van der Waals surface area contributed by atoms with Gasteiger partial charge >= 0.3 is 5.97 Å². The molecule has 2 aromatic carbocycles. The number of carboxylic acids is 1. The van der Waals surface area contributed by atoms with Gasteiger partial charge in [-0.3, -0.25) is 0 Å². The third-order valence-electron chi connectivity index (χ3n) is 3.30. The van der Waals surface area contributed by atoms with E-state index in [0.717, 1.165) is 0 Å². The van der Waals surface area contributed by atoms with Crippen molar-refractivity contribution in [3.05, 3.63) is 68.4 Å². The summed E-state index contributed by atoms with van der Waals surface area (Å²) in [6.45, 7) is 0. The van der Waals surface area contributed by atoms with E-state index in [2.05, 4.69) is 15.3 Å². The first-order valence-electron chi connectivity index (χ1n) is 6.96. The van der Waals surface area contributed by atoms with Crippen LogP contribution in [-0.2, 0) is 0 Å². The molecular weight excluding hydrogens is 383 g/mol. The Balaban J connectivity index is 1.97. The molecule has 1 heterocycles. The maximum Gasteiger partial charge on any atom is 0.335 e. The summed E-state index contributed by atoms with van der Waals surface area (Å²) >= 11 is 17.3. The van der Waals surface area contributed by atoms with E-state index in [0.29, 0.717) is 31.8 Å². The topological polar surface area (TPSA) is 83.3 Å². The molecule has 0 bridgehead atoms. The third kappa shape index (κ3) is 3.79. The second-order valence-electron chi connectivity index (χ2n) is 4.96. The number of rotatable bonds is 4. The molecule has 126 valence electrons. The van der Waals surface area contributed by atoms with Gasteiger partial charge in [-0.2, -0.15) is 14.9 Å². The van der Waals surface area contributed by atoms with Crippen LogP contribution >= 0.6 is 35.4 Å². The predicted molar refractivity (Wildman–Crippen MR) is 99.3 cm³/mol. The fraction of sp³-hybridized carbons (Fsp3) is 0. The van der Waals surface area contributed by atoms with E-state index in [-0.39, 0.29) is 5.56 Å². The quantitative estimate of drug-likeness (QED) is 0.505. The molecule has 0 amide bonds. The minimum atomic E-state index is -0.986. The number of aromatic carboxylic acids is 1. The number of nitrogens with one attached hydrogen (secondary N) is 1. The summed E-state index contributed by atoms with van der Waals surface area (Å²) in [5, 5.41) is 21.0. The average molecular weight is 393 g/mol. The van der Waals surface area contributed by atoms with Gasteiger partial charge in [-0.1, -0.05) is 35.3 Å². The Hall–Kier alpha value is -2.48. The normalized spacial score (nSPS) is 11.1. The number of hydrogen-bond donors (Lipinski definition) is 2. The summed E-state index contributed by atoms with van der Waals surface area (Å²) in [7, 11) is 0. The second-order valence-corrected chi connectivity index (χ2v) is 6.19. The largest absolute Gasteiger partial charge is 0.478 e. The van der Waals surface area contributed by atoms with Gasteiger partial charge in [0.25, 0.3) is 0 Å². The van der Waals surface area contributed by atoms with Crippen molar-refractivity contribution in [2.75, 3.05) is 0 Å². The van der Waals surface area contributed by atoms with Gasteiger partial charge in [0.1, 0.15) is 0 Å². The van der Waals surface area contributed by atoms with E-state index in [1.54, 1.807) is 36.5 Å². The maximum atomic E-state index is 10.9. The number of carboxylic acid groups (broad SMARTS) is 1. The molecule has 0 unspecified atom stereocenters. The molecule has 3 rings (SSSR count). The highest BCUT2D eigenvalue weighted by Gasteiger charge is 2.12. The summed E-state index contributed by atoms with van der Waals surface area (Å²) in [4.78, 5) is 10.9. The van der Waals surface area contributed by atoms with Crippen molar-refractivity contribution in [1.82, 2.24) is 14.9 Å². The van der Waals surface area contributed by atoms with Crippen LogP contribution in [0, 0.1) is 4.77 Å². The summed E-state index contributed by atoms with van der Waals surface area (Å²) in [6.07, 6.45) is 1.55. The molecule has 6 nitrogen and oxygen atoms in total. The van der Waals surface area contributed by atoms with Crippen LogP contribution in [0.15, 0.2) is 47.6 Å². The average Bonchev–Trinajstić information content (AvgIpc) is 2.94. The minimum Gasteiger partial charge on any atom is -0.478 e. The number of halogens is 2. The lowest BCUT2D eigenvalue weighted by Gasteiger charge is -2.04. The van der Waals surface area contributed by atoms with Crippen molar-refractivity contribution in [3.63, 3.8) is 0 Å². The third-order valence-corrected chi connectivity index (χ3v) is 4.11. The van der Waals surface area contributed by atoms with Crippen molar-refractivity contribution in [2.45, 2.75) is 0 Å². The lowest BCUT2D eigenvalue weighted by atomic mass is 10.1. The number of nitrogens with zero attached hydrogens (tertiary/aromatic N) is 3. The number of H-pyrrole nitrogens is 1. The predicted octanol–water partition coefficient (Wildman–Crippen LogP) is 4.49. The Morgan fingerprint density at radius 1 is 1.24 bits per heavy atom. The highest BCUT2D eigenvalue weighted by Crippen LogP contribution is 2.29. The fourth-order valence-corrected chi connectivity index (χ4v) is 2.75. The summed E-state index contributed by atoms with van der Waals surface area (Å²) < 4.78 is 1.72. The molecule has 0 aliphatic heterocycles. The molecule has 0 spiro atoms. The lowest BCUT2D eigenvalue weighted by molar-refractivity contribution is 0.0697. The lowest BCUT2D eigenvalue weighted by Crippen LogP contribution is -1.97. The van der Waals surface area contributed by atoms with Gasteiger partial charge < -0.3 is 5.11 Å². The maximum absolute atomic E-state index is 10.9. The first-order chi connectivity index (χ1) is 12.0. The summed E-state index contributed by atoms with van der Waals surface area (Å²) in [5.41, 5.74) is 1.53. The van der Waals surface area contributed by atoms with Crippen LogP contribution in [-0.4, -0.2) is 32.2 Å². The molecule has 0 aliphatic rings. The summed E-state index contributed by atoms with van der Waals surface area (Å²) in [6, 6.07) is 11.3. The molecular formula is C16H10Cl2N4O2S. The van der Waals surface area contributed by atoms with Gasteiger partial charge in [-0.15, -0.1) is 0 Å². The highest BCUT2D eigenvalue weighted by molar-refractivity contribution is 7.71. The van der Waals surface area contributed by atoms with Crippen molar-refractivity contribution >= 4 is 47.6 Å². The number of benzene rings is 2. The van der Waals surface area contributed by atoms with E-state index in [4.69, 9.17) is 40.5 Å².